The van der Waals surface area contributed by atoms with E-state index in [1.54, 1.807) is 11.3 Å². The first-order chi connectivity index (χ1) is 8.25. The normalized spacial score (nSPS) is 10.6. The zero-order valence-corrected chi connectivity index (χ0v) is 11.9. The Morgan fingerprint density at radius 2 is 2.00 bits per heavy atom. The molecule has 0 bridgehead atoms. The van der Waals surface area contributed by atoms with Crippen LogP contribution in [0.3, 0.4) is 0 Å². The summed E-state index contributed by atoms with van der Waals surface area (Å²) in [4.78, 5) is 1.39. The molecule has 0 amide bonds. The largest absolute Gasteiger partial charge is 0.398 e. The highest BCUT2D eigenvalue weighted by Crippen LogP contribution is 2.22. The van der Waals surface area contributed by atoms with Gasteiger partial charge in [0.25, 0.3) is 0 Å². The summed E-state index contributed by atoms with van der Waals surface area (Å²) in [6.45, 7) is 1.81. The molecule has 0 radical (unpaired) electrons. The van der Waals surface area contributed by atoms with Crippen molar-refractivity contribution in [1.82, 2.24) is 5.32 Å². The van der Waals surface area contributed by atoms with Gasteiger partial charge in [-0.2, -0.15) is 0 Å². The first kappa shape index (κ1) is 12.6. The Morgan fingerprint density at radius 3 is 2.71 bits per heavy atom. The van der Waals surface area contributed by atoms with Crippen LogP contribution in [0.25, 0.3) is 0 Å². The van der Waals surface area contributed by atoms with Crippen LogP contribution in [0.5, 0.6) is 0 Å². The van der Waals surface area contributed by atoms with Crippen molar-refractivity contribution in [3.63, 3.8) is 0 Å². The van der Waals surface area contributed by atoms with E-state index in [0.29, 0.717) is 0 Å². The minimum atomic E-state index is 0.833. The number of hydrogen-bond acceptors (Lipinski definition) is 3. The second-order valence-electron chi connectivity index (χ2n) is 3.83. The van der Waals surface area contributed by atoms with E-state index >= 15 is 0 Å². The number of nitrogens with one attached hydrogen (secondary N) is 1. The number of anilines is 1. The standard InChI is InChI=1S/C13H15BrN2S/c14-13-6-5-11(17-13)7-8-16-9-10-3-1-2-4-12(10)15/h1-6,16H,7-9,15H2. The van der Waals surface area contributed by atoms with Crippen LogP contribution in [0, 0.1) is 0 Å². The second-order valence-corrected chi connectivity index (χ2v) is 6.38. The topological polar surface area (TPSA) is 38.0 Å². The first-order valence-corrected chi connectivity index (χ1v) is 7.15. The van der Waals surface area contributed by atoms with E-state index in [2.05, 4.69) is 39.4 Å². The zero-order valence-electron chi connectivity index (χ0n) is 9.45. The van der Waals surface area contributed by atoms with Crippen molar-refractivity contribution in [2.75, 3.05) is 12.3 Å². The highest BCUT2D eigenvalue weighted by atomic mass is 79.9. The lowest BCUT2D eigenvalue weighted by molar-refractivity contribution is 0.692. The maximum atomic E-state index is 5.87. The average molecular weight is 311 g/mol. The number of thiophene rings is 1. The van der Waals surface area contributed by atoms with Gasteiger partial charge in [-0.3, -0.25) is 0 Å². The van der Waals surface area contributed by atoms with Crippen LogP contribution >= 0.6 is 27.3 Å². The van der Waals surface area contributed by atoms with Gasteiger partial charge in [-0.25, -0.2) is 0 Å². The Balaban J connectivity index is 1.75. The Morgan fingerprint density at radius 1 is 1.18 bits per heavy atom. The average Bonchev–Trinajstić information content (AvgIpc) is 2.73. The summed E-state index contributed by atoms with van der Waals surface area (Å²) in [6.07, 6.45) is 1.06. The summed E-state index contributed by atoms with van der Waals surface area (Å²) < 4.78 is 1.19. The molecule has 1 heterocycles. The fourth-order valence-electron chi connectivity index (χ4n) is 1.62. The summed E-state index contributed by atoms with van der Waals surface area (Å²) in [5, 5.41) is 3.41. The molecule has 0 atom stereocenters. The third kappa shape index (κ3) is 3.84. The quantitative estimate of drug-likeness (QED) is 0.656. The molecule has 90 valence electrons. The van der Waals surface area contributed by atoms with E-state index in [1.165, 1.54) is 14.2 Å². The van der Waals surface area contributed by atoms with Crippen molar-refractivity contribution < 1.29 is 0 Å². The van der Waals surface area contributed by atoms with E-state index < -0.39 is 0 Å². The Hall–Kier alpha value is -0.840. The van der Waals surface area contributed by atoms with Crippen molar-refractivity contribution in [2.24, 2.45) is 0 Å². The van der Waals surface area contributed by atoms with Gasteiger partial charge >= 0.3 is 0 Å². The third-order valence-electron chi connectivity index (χ3n) is 2.55. The smallest absolute Gasteiger partial charge is 0.0701 e. The fraction of sp³-hybridized carbons (Fsp3) is 0.231. The van der Waals surface area contributed by atoms with Crippen LogP contribution in [0.15, 0.2) is 40.2 Å². The van der Waals surface area contributed by atoms with Crippen molar-refractivity contribution >= 4 is 33.0 Å². The lowest BCUT2D eigenvalue weighted by atomic mass is 10.2. The van der Waals surface area contributed by atoms with Crippen LogP contribution in [0.2, 0.25) is 0 Å². The van der Waals surface area contributed by atoms with E-state index in [4.69, 9.17) is 5.73 Å². The number of para-hydroxylation sites is 1. The van der Waals surface area contributed by atoms with E-state index in [9.17, 15) is 0 Å². The predicted octanol–water partition coefficient (Wildman–Crippen LogP) is 3.43. The van der Waals surface area contributed by atoms with Gasteiger partial charge in [0.15, 0.2) is 0 Å². The zero-order chi connectivity index (χ0) is 12.1. The number of nitrogen functional groups attached to an aromatic ring is 1. The Kier molecular flexibility index (Phi) is 4.59. The Labute approximate surface area is 114 Å². The molecule has 0 aliphatic heterocycles. The van der Waals surface area contributed by atoms with Crippen LogP contribution in [0.1, 0.15) is 10.4 Å². The highest BCUT2D eigenvalue weighted by molar-refractivity contribution is 9.11. The number of nitrogens with two attached hydrogens (primary N) is 1. The van der Waals surface area contributed by atoms with Crippen LogP contribution < -0.4 is 11.1 Å². The maximum Gasteiger partial charge on any atom is 0.0701 e. The van der Waals surface area contributed by atoms with Gasteiger partial charge in [0.2, 0.25) is 0 Å². The molecular formula is C13H15BrN2S. The molecule has 0 aliphatic carbocycles. The molecule has 4 heteroatoms. The van der Waals surface area contributed by atoms with E-state index in [-0.39, 0.29) is 0 Å². The minimum Gasteiger partial charge on any atom is -0.398 e. The lowest BCUT2D eigenvalue weighted by Crippen LogP contribution is -2.17. The molecule has 3 N–H and O–H groups in total. The highest BCUT2D eigenvalue weighted by Gasteiger charge is 1.99. The summed E-state index contributed by atoms with van der Waals surface area (Å²) >= 11 is 5.26. The summed E-state index contributed by atoms with van der Waals surface area (Å²) in [5.74, 6) is 0. The van der Waals surface area contributed by atoms with Crippen LogP contribution in [0.4, 0.5) is 5.69 Å². The van der Waals surface area contributed by atoms with Crippen LogP contribution in [-0.2, 0) is 13.0 Å². The molecule has 17 heavy (non-hydrogen) atoms. The molecule has 0 saturated heterocycles. The molecule has 0 aliphatic rings. The van der Waals surface area contributed by atoms with Gasteiger partial charge in [-0.15, -0.1) is 11.3 Å². The van der Waals surface area contributed by atoms with Crippen molar-refractivity contribution in [3.05, 3.63) is 50.6 Å². The van der Waals surface area contributed by atoms with E-state index in [1.807, 2.05) is 18.2 Å². The van der Waals surface area contributed by atoms with E-state index in [0.717, 1.165) is 25.2 Å². The molecule has 2 nitrogen and oxygen atoms in total. The van der Waals surface area contributed by atoms with Gasteiger partial charge in [-0.05, 0) is 46.1 Å². The summed E-state index contributed by atoms with van der Waals surface area (Å²) in [7, 11) is 0. The van der Waals surface area contributed by atoms with Gasteiger partial charge in [-0.1, -0.05) is 18.2 Å². The third-order valence-corrected chi connectivity index (χ3v) is 4.23. The molecule has 0 saturated carbocycles. The fourth-order valence-corrected chi connectivity index (χ4v) is 3.10. The first-order valence-electron chi connectivity index (χ1n) is 5.54. The number of benzene rings is 1. The monoisotopic (exact) mass is 310 g/mol. The van der Waals surface area contributed by atoms with Gasteiger partial charge in [0.1, 0.15) is 0 Å². The Bertz CT molecular complexity index is 482. The van der Waals surface area contributed by atoms with Crippen molar-refractivity contribution in [2.45, 2.75) is 13.0 Å². The van der Waals surface area contributed by atoms with Crippen molar-refractivity contribution in [3.8, 4) is 0 Å². The molecule has 2 aromatic rings. The van der Waals surface area contributed by atoms with Crippen molar-refractivity contribution in [1.29, 1.82) is 0 Å². The SMILES string of the molecule is Nc1ccccc1CNCCc1ccc(Br)s1. The number of halogens is 1. The molecule has 1 aromatic heterocycles. The minimum absolute atomic E-state index is 0.833. The van der Waals surface area contributed by atoms with Crippen LogP contribution in [-0.4, -0.2) is 6.54 Å². The number of rotatable bonds is 5. The molecule has 0 fully saturated rings. The molecule has 0 unspecified atom stereocenters. The second kappa shape index (κ2) is 6.19. The molecule has 1 aromatic carbocycles. The molecule has 0 spiro atoms. The molecule has 2 rings (SSSR count). The van der Waals surface area contributed by atoms with Gasteiger partial charge < -0.3 is 11.1 Å². The summed E-state index contributed by atoms with van der Waals surface area (Å²) in [5.41, 5.74) is 7.90. The van der Waals surface area contributed by atoms with Gasteiger partial charge in [0, 0.05) is 23.7 Å². The summed E-state index contributed by atoms with van der Waals surface area (Å²) in [6, 6.07) is 12.2. The maximum absolute atomic E-state index is 5.87. The number of hydrogen-bond donors (Lipinski definition) is 2. The lowest BCUT2D eigenvalue weighted by Gasteiger charge is -2.06. The molecular weight excluding hydrogens is 296 g/mol. The van der Waals surface area contributed by atoms with Gasteiger partial charge in [0.05, 0.1) is 3.79 Å². The predicted molar refractivity (Wildman–Crippen MR) is 78.3 cm³/mol.